The molecule has 2 rings (SSSR count). The number of anilines is 1. The first-order chi connectivity index (χ1) is 9.22. The lowest BCUT2D eigenvalue weighted by molar-refractivity contribution is 0.185. The van der Waals surface area contributed by atoms with Crippen LogP contribution in [0.3, 0.4) is 0 Å². The number of hydrogen-bond donors (Lipinski definition) is 1. The molecule has 0 saturated carbocycles. The van der Waals surface area contributed by atoms with E-state index in [0.29, 0.717) is 18.7 Å². The van der Waals surface area contributed by atoms with E-state index >= 15 is 0 Å². The minimum absolute atomic E-state index is 0.143. The van der Waals surface area contributed by atoms with Crippen LogP contribution in [0, 0.1) is 5.82 Å². The summed E-state index contributed by atoms with van der Waals surface area (Å²) in [5, 5.41) is 3.35. The van der Waals surface area contributed by atoms with Crippen LogP contribution in [0.2, 0.25) is 5.02 Å². The van der Waals surface area contributed by atoms with E-state index in [9.17, 15) is 4.39 Å². The molecule has 0 aliphatic heterocycles. The molecule has 0 bridgehead atoms. The van der Waals surface area contributed by atoms with Gasteiger partial charge in [0.15, 0.2) is 0 Å². The van der Waals surface area contributed by atoms with Gasteiger partial charge in [-0.1, -0.05) is 41.9 Å². The van der Waals surface area contributed by atoms with Gasteiger partial charge in [-0.15, -0.1) is 0 Å². The Labute approximate surface area is 117 Å². The summed E-state index contributed by atoms with van der Waals surface area (Å²) >= 11 is 5.75. The zero-order valence-corrected chi connectivity index (χ0v) is 11.4. The van der Waals surface area contributed by atoms with Gasteiger partial charge in [0.05, 0.1) is 11.6 Å². The highest BCUT2D eigenvalue weighted by atomic mass is 35.5. The van der Waals surface area contributed by atoms with Gasteiger partial charge in [-0.05, 0) is 12.1 Å². The molecule has 0 aliphatic carbocycles. The van der Waals surface area contributed by atoms with Crippen LogP contribution in [-0.4, -0.2) is 7.11 Å². The van der Waals surface area contributed by atoms with E-state index in [1.165, 1.54) is 0 Å². The zero-order chi connectivity index (χ0) is 13.7. The molecule has 2 nitrogen and oxygen atoms in total. The fourth-order valence-electron chi connectivity index (χ4n) is 1.85. The fourth-order valence-corrected chi connectivity index (χ4v) is 2.04. The number of ether oxygens (including phenoxy) is 1. The molecule has 0 saturated heterocycles. The summed E-state index contributed by atoms with van der Waals surface area (Å²) in [7, 11) is 1.65. The molecule has 1 N–H and O–H groups in total. The second kappa shape index (κ2) is 6.55. The van der Waals surface area contributed by atoms with Crippen LogP contribution in [0.5, 0.6) is 0 Å². The van der Waals surface area contributed by atoms with Gasteiger partial charge in [-0.25, -0.2) is 4.39 Å². The molecule has 4 heteroatoms. The van der Waals surface area contributed by atoms with Gasteiger partial charge in [-0.2, -0.15) is 0 Å². The van der Waals surface area contributed by atoms with Crippen molar-refractivity contribution in [1.82, 2.24) is 0 Å². The monoisotopic (exact) mass is 279 g/mol. The van der Waals surface area contributed by atoms with Gasteiger partial charge in [0.1, 0.15) is 5.82 Å². The van der Waals surface area contributed by atoms with Crippen molar-refractivity contribution in [1.29, 1.82) is 0 Å². The second-order valence-electron chi connectivity index (χ2n) is 4.16. The Morgan fingerprint density at radius 3 is 2.63 bits per heavy atom. The Kier molecular flexibility index (Phi) is 4.77. The van der Waals surface area contributed by atoms with Gasteiger partial charge >= 0.3 is 0 Å². The zero-order valence-electron chi connectivity index (χ0n) is 10.6. The molecule has 2 aromatic carbocycles. The highest BCUT2D eigenvalue weighted by Crippen LogP contribution is 2.21. The molecule has 0 amide bonds. The SMILES string of the molecule is COCc1ccccc1NCc1cccc(Cl)c1F. The maximum absolute atomic E-state index is 13.8. The van der Waals surface area contributed by atoms with Crippen LogP contribution in [0.1, 0.15) is 11.1 Å². The minimum atomic E-state index is -0.374. The predicted octanol–water partition coefficient (Wildman–Crippen LogP) is 4.24. The lowest BCUT2D eigenvalue weighted by Gasteiger charge is -2.12. The van der Waals surface area contributed by atoms with E-state index in [0.717, 1.165) is 11.3 Å². The topological polar surface area (TPSA) is 21.3 Å². The third-order valence-corrected chi connectivity index (χ3v) is 3.11. The first-order valence-corrected chi connectivity index (χ1v) is 6.33. The molecule has 0 heterocycles. The fraction of sp³-hybridized carbons (Fsp3) is 0.200. The number of rotatable bonds is 5. The van der Waals surface area contributed by atoms with E-state index in [4.69, 9.17) is 16.3 Å². The Morgan fingerprint density at radius 1 is 1.11 bits per heavy atom. The average Bonchev–Trinajstić information content (AvgIpc) is 2.42. The van der Waals surface area contributed by atoms with Crippen molar-refractivity contribution in [2.75, 3.05) is 12.4 Å². The molecular formula is C15H15ClFNO. The highest BCUT2D eigenvalue weighted by molar-refractivity contribution is 6.30. The molecule has 0 radical (unpaired) electrons. The molecule has 0 atom stereocenters. The van der Waals surface area contributed by atoms with Crippen molar-refractivity contribution < 1.29 is 9.13 Å². The number of methoxy groups -OCH3 is 1. The van der Waals surface area contributed by atoms with E-state index in [1.54, 1.807) is 25.3 Å². The van der Waals surface area contributed by atoms with Crippen molar-refractivity contribution in [2.24, 2.45) is 0 Å². The molecule has 0 unspecified atom stereocenters. The Morgan fingerprint density at radius 2 is 1.84 bits per heavy atom. The summed E-state index contributed by atoms with van der Waals surface area (Å²) in [6.45, 7) is 0.897. The standard InChI is InChI=1S/C15H15ClFNO/c1-19-10-12-5-2-3-8-14(12)18-9-11-6-4-7-13(16)15(11)17/h2-8,18H,9-10H2,1H3. The van der Waals surface area contributed by atoms with E-state index < -0.39 is 0 Å². The first-order valence-electron chi connectivity index (χ1n) is 5.96. The average molecular weight is 280 g/mol. The molecular weight excluding hydrogens is 265 g/mol. The van der Waals surface area contributed by atoms with Gasteiger partial charge in [0, 0.05) is 30.5 Å². The van der Waals surface area contributed by atoms with Crippen LogP contribution in [-0.2, 0) is 17.9 Å². The number of hydrogen-bond acceptors (Lipinski definition) is 2. The maximum atomic E-state index is 13.8. The molecule has 2 aromatic rings. The summed E-state index contributed by atoms with van der Waals surface area (Å²) in [5.74, 6) is -0.374. The smallest absolute Gasteiger partial charge is 0.146 e. The summed E-state index contributed by atoms with van der Waals surface area (Å²) in [6, 6.07) is 12.8. The van der Waals surface area contributed by atoms with Crippen molar-refractivity contribution in [3.63, 3.8) is 0 Å². The van der Waals surface area contributed by atoms with Gasteiger partial charge < -0.3 is 10.1 Å². The minimum Gasteiger partial charge on any atom is -0.381 e. The number of para-hydroxylation sites is 1. The summed E-state index contributed by atoms with van der Waals surface area (Å²) < 4.78 is 18.9. The van der Waals surface area contributed by atoms with Gasteiger partial charge in [0.25, 0.3) is 0 Å². The number of halogens is 2. The number of benzene rings is 2. The third kappa shape index (κ3) is 3.46. The van der Waals surface area contributed by atoms with Crippen molar-refractivity contribution in [2.45, 2.75) is 13.2 Å². The van der Waals surface area contributed by atoms with Gasteiger partial charge in [-0.3, -0.25) is 0 Å². The summed E-state index contributed by atoms with van der Waals surface area (Å²) in [5.41, 5.74) is 2.51. The Hall–Kier alpha value is -1.58. The van der Waals surface area contributed by atoms with E-state index in [1.807, 2.05) is 24.3 Å². The molecule has 0 spiro atoms. The van der Waals surface area contributed by atoms with Crippen LogP contribution in [0.4, 0.5) is 10.1 Å². The highest BCUT2D eigenvalue weighted by Gasteiger charge is 2.07. The number of nitrogens with one attached hydrogen (secondary N) is 1. The molecule has 100 valence electrons. The Balaban J connectivity index is 2.12. The van der Waals surface area contributed by atoms with Gasteiger partial charge in [0.2, 0.25) is 0 Å². The normalized spacial score (nSPS) is 10.5. The predicted molar refractivity (Wildman–Crippen MR) is 75.9 cm³/mol. The summed E-state index contributed by atoms with van der Waals surface area (Å²) in [4.78, 5) is 0. The molecule has 19 heavy (non-hydrogen) atoms. The lowest BCUT2D eigenvalue weighted by Crippen LogP contribution is -2.04. The van der Waals surface area contributed by atoms with E-state index in [2.05, 4.69) is 5.32 Å². The molecule has 0 aliphatic rings. The molecule has 0 fully saturated rings. The van der Waals surface area contributed by atoms with Crippen LogP contribution >= 0.6 is 11.6 Å². The van der Waals surface area contributed by atoms with Crippen LogP contribution < -0.4 is 5.32 Å². The second-order valence-corrected chi connectivity index (χ2v) is 4.56. The van der Waals surface area contributed by atoms with Crippen molar-refractivity contribution >= 4 is 17.3 Å². The molecule has 0 aromatic heterocycles. The van der Waals surface area contributed by atoms with Crippen molar-refractivity contribution in [3.8, 4) is 0 Å². The largest absolute Gasteiger partial charge is 0.381 e. The third-order valence-electron chi connectivity index (χ3n) is 2.82. The summed E-state index contributed by atoms with van der Waals surface area (Å²) in [6.07, 6.45) is 0. The first kappa shape index (κ1) is 13.8. The Bertz CT molecular complexity index is 560. The van der Waals surface area contributed by atoms with Crippen molar-refractivity contribution in [3.05, 3.63) is 64.4 Å². The maximum Gasteiger partial charge on any atom is 0.146 e. The van der Waals surface area contributed by atoms with Crippen LogP contribution in [0.15, 0.2) is 42.5 Å². The quantitative estimate of drug-likeness (QED) is 0.884. The van der Waals surface area contributed by atoms with E-state index in [-0.39, 0.29) is 10.8 Å². The van der Waals surface area contributed by atoms with Crippen LogP contribution in [0.25, 0.3) is 0 Å². The lowest BCUT2D eigenvalue weighted by atomic mass is 10.1.